The third kappa shape index (κ3) is 4.16. The molecule has 5 nitrogen and oxygen atoms in total. The van der Waals surface area contributed by atoms with E-state index in [4.69, 9.17) is 16.7 Å². The van der Waals surface area contributed by atoms with Crippen LogP contribution in [0.3, 0.4) is 0 Å². The number of fused-ring (bicyclic) bond motifs is 1. The third-order valence-corrected chi connectivity index (χ3v) is 6.06. The number of hydrogen-bond acceptors (Lipinski definition) is 3. The average Bonchev–Trinajstić information content (AvgIpc) is 3.16. The van der Waals surface area contributed by atoms with Gasteiger partial charge in [-0.1, -0.05) is 42.8 Å². The molecule has 2 N–H and O–H groups in total. The zero-order valence-electron chi connectivity index (χ0n) is 16.3. The van der Waals surface area contributed by atoms with E-state index in [1.165, 1.54) is 23.3 Å². The fraction of sp³-hybridized carbons (Fsp3) is 0.0870. The number of halogens is 1. The van der Waals surface area contributed by atoms with Gasteiger partial charge >= 0.3 is 0 Å². The van der Waals surface area contributed by atoms with Gasteiger partial charge in [0.25, 0.3) is 0 Å². The third-order valence-electron chi connectivity index (χ3n) is 4.88. The van der Waals surface area contributed by atoms with Gasteiger partial charge in [-0.2, -0.15) is 0 Å². The van der Waals surface area contributed by atoms with Crippen molar-refractivity contribution < 1.29 is 8.42 Å². The van der Waals surface area contributed by atoms with E-state index in [-0.39, 0.29) is 4.90 Å². The van der Waals surface area contributed by atoms with Crippen molar-refractivity contribution in [3.05, 3.63) is 89.7 Å². The Morgan fingerprint density at radius 2 is 1.40 bits per heavy atom. The van der Waals surface area contributed by atoms with Crippen LogP contribution in [-0.4, -0.2) is 18.0 Å². The molecule has 2 aromatic carbocycles. The Bertz CT molecular complexity index is 1260. The molecule has 5 rings (SSSR count). The molecule has 0 aliphatic heterocycles. The number of nitrogens with zero attached hydrogens (tertiary/aromatic N) is 2. The molecule has 1 heterocycles. The summed E-state index contributed by atoms with van der Waals surface area (Å²) >= 11 is 5.95. The Labute approximate surface area is 180 Å². The van der Waals surface area contributed by atoms with Crippen molar-refractivity contribution in [3.63, 3.8) is 0 Å². The van der Waals surface area contributed by atoms with Crippen molar-refractivity contribution in [2.75, 3.05) is 0 Å². The molecule has 2 aliphatic rings. The van der Waals surface area contributed by atoms with Gasteiger partial charge in [0.15, 0.2) is 0 Å². The van der Waals surface area contributed by atoms with Crippen LogP contribution in [0.15, 0.2) is 83.9 Å². The van der Waals surface area contributed by atoms with E-state index in [0.29, 0.717) is 5.02 Å². The number of aromatic nitrogens is 2. The molecule has 0 amide bonds. The highest BCUT2D eigenvalue weighted by atomic mass is 35.5. The van der Waals surface area contributed by atoms with Crippen molar-refractivity contribution in [3.8, 4) is 28.2 Å². The second kappa shape index (κ2) is 8.07. The molecule has 1 aromatic heterocycles. The Balaban J connectivity index is 0.000000305. The number of primary sulfonamides is 1. The lowest BCUT2D eigenvalue weighted by Gasteiger charge is -2.10. The van der Waals surface area contributed by atoms with Crippen molar-refractivity contribution in [2.45, 2.75) is 18.2 Å². The summed E-state index contributed by atoms with van der Waals surface area (Å²) in [6.45, 7) is 2.03. The summed E-state index contributed by atoms with van der Waals surface area (Å²) in [7, 11) is -3.71. The first-order chi connectivity index (χ1) is 14.3. The molecule has 0 unspecified atom stereocenters. The molecule has 0 fully saturated rings. The second-order valence-corrected chi connectivity index (χ2v) is 8.90. The van der Waals surface area contributed by atoms with Gasteiger partial charge in [-0.05, 0) is 66.1 Å². The maximum Gasteiger partial charge on any atom is 0.238 e. The van der Waals surface area contributed by atoms with Gasteiger partial charge < -0.3 is 0 Å². The van der Waals surface area contributed by atoms with Gasteiger partial charge in [0.2, 0.25) is 10.0 Å². The minimum Gasteiger partial charge on any atom is -0.300 e. The molecule has 0 atom stereocenters. The van der Waals surface area contributed by atoms with E-state index in [2.05, 4.69) is 29.2 Å². The first-order valence-corrected chi connectivity index (χ1v) is 11.4. The lowest BCUT2D eigenvalue weighted by molar-refractivity contribution is 0.598. The largest absolute Gasteiger partial charge is 0.300 e. The number of nitrogens with two attached hydrogens (primary N) is 1. The Hall–Kier alpha value is -2.93. The lowest BCUT2D eigenvalue weighted by atomic mass is 9.95. The topological polar surface area (TPSA) is 78.0 Å². The van der Waals surface area contributed by atoms with E-state index in [1.807, 2.05) is 42.0 Å². The number of sulfonamides is 1. The van der Waals surface area contributed by atoms with Crippen molar-refractivity contribution in [2.24, 2.45) is 5.14 Å². The molecule has 0 radical (unpaired) electrons. The second-order valence-electron chi connectivity index (χ2n) is 6.90. The zero-order chi connectivity index (χ0) is 21.3. The zero-order valence-corrected chi connectivity index (χ0v) is 17.9. The van der Waals surface area contributed by atoms with Crippen LogP contribution in [0.2, 0.25) is 5.02 Å². The monoisotopic (exact) mass is 437 g/mol. The molecule has 0 saturated carbocycles. The summed E-state index contributed by atoms with van der Waals surface area (Å²) < 4.78 is 24.8. The van der Waals surface area contributed by atoms with Crippen LogP contribution in [0.4, 0.5) is 0 Å². The number of benzene rings is 3. The summed E-state index contributed by atoms with van der Waals surface area (Å²) in [4.78, 5) is 4.71. The minimum atomic E-state index is -3.71. The van der Waals surface area contributed by atoms with Gasteiger partial charge in [0.1, 0.15) is 5.82 Å². The van der Waals surface area contributed by atoms with E-state index >= 15 is 0 Å². The van der Waals surface area contributed by atoms with Crippen LogP contribution in [0.25, 0.3) is 28.2 Å². The summed E-state index contributed by atoms with van der Waals surface area (Å²) in [5.41, 5.74) is 5.52. The fourth-order valence-electron chi connectivity index (χ4n) is 3.06. The maximum atomic E-state index is 11.4. The number of rotatable bonds is 4. The highest BCUT2D eigenvalue weighted by Gasteiger charge is 2.13. The first kappa shape index (κ1) is 20.3. The predicted molar refractivity (Wildman–Crippen MR) is 120 cm³/mol. The lowest BCUT2D eigenvalue weighted by Crippen LogP contribution is -2.11. The quantitative estimate of drug-likeness (QED) is 0.426. The molecule has 0 saturated heterocycles. The molecule has 2 aliphatic carbocycles. The Morgan fingerprint density at radius 1 is 0.867 bits per heavy atom. The molecule has 7 heteroatoms. The average molecular weight is 438 g/mol. The highest BCUT2D eigenvalue weighted by molar-refractivity contribution is 7.89. The van der Waals surface area contributed by atoms with Crippen LogP contribution in [0, 0.1) is 0 Å². The van der Waals surface area contributed by atoms with Crippen LogP contribution < -0.4 is 5.14 Å². The van der Waals surface area contributed by atoms with E-state index < -0.39 is 10.0 Å². The van der Waals surface area contributed by atoms with Gasteiger partial charge in [-0.3, -0.25) is 4.57 Å². The molecular formula is C23H20ClN3O2S. The van der Waals surface area contributed by atoms with Gasteiger partial charge in [0, 0.05) is 22.5 Å². The highest BCUT2D eigenvalue weighted by Crippen LogP contribution is 2.29. The molecule has 3 aromatic rings. The molecular weight excluding hydrogens is 418 g/mol. The smallest absolute Gasteiger partial charge is 0.238 e. The summed E-state index contributed by atoms with van der Waals surface area (Å²) in [6, 6.07) is 22.3. The van der Waals surface area contributed by atoms with Gasteiger partial charge in [0.05, 0.1) is 10.6 Å². The Morgan fingerprint density at radius 3 is 1.83 bits per heavy atom. The SMILES string of the molecule is CCc1cn(-c2ccc(Cl)cc2)c(-c2ccc(S(N)(=O)=O)cc2)n1.c1cc2ccc1-2. The minimum absolute atomic E-state index is 0.0755. The summed E-state index contributed by atoms with van der Waals surface area (Å²) in [6.07, 6.45) is 2.76. The van der Waals surface area contributed by atoms with Crippen molar-refractivity contribution in [1.82, 2.24) is 9.55 Å². The van der Waals surface area contributed by atoms with E-state index in [9.17, 15) is 8.42 Å². The molecule has 30 heavy (non-hydrogen) atoms. The van der Waals surface area contributed by atoms with Gasteiger partial charge in [-0.25, -0.2) is 18.5 Å². The molecule has 0 spiro atoms. The normalized spacial score (nSPS) is 11.6. The van der Waals surface area contributed by atoms with Crippen LogP contribution in [0.1, 0.15) is 12.6 Å². The number of imidazole rings is 1. The van der Waals surface area contributed by atoms with E-state index in [0.717, 1.165) is 29.2 Å². The van der Waals surface area contributed by atoms with Crippen molar-refractivity contribution >= 4 is 21.6 Å². The standard InChI is InChI=1S/C17H16ClN3O2S.C6H4/c1-2-14-11-21(15-7-5-13(18)6-8-15)17(20-14)12-3-9-16(10-4-12)24(19,22)23;1-2-6-4-3-5(1)6/h3-11H,2H2,1H3,(H2,19,22,23);1-4H. The maximum absolute atomic E-state index is 11.4. The Kier molecular flexibility index (Phi) is 5.47. The molecule has 0 bridgehead atoms. The van der Waals surface area contributed by atoms with E-state index in [1.54, 1.807) is 12.1 Å². The van der Waals surface area contributed by atoms with Crippen LogP contribution >= 0.6 is 11.6 Å². The van der Waals surface area contributed by atoms with Crippen LogP contribution in [-0.2, 0) is 16.4 Å². The summed E-state index contributed by atoms with van der Waals surface area (Å²) in [5.74, 6) is 0.732. The predicted octanol–water partition coefficient (Wildman–Crippen LogP) is 5.07. The first-order valence-electron chi connectivity index (χ1n) is 9.43. The fourth-order valence-corrected chi connectivity index (χ4v) is 3.70. The van der Waals surface area contributed by atoms with Crippen molar-refractivity contribution in [1.29, 1.82) is 0 Å². The number of hydrogen-bond donors (Lipinski definition) is 1. The number of aryl methyl sites for hydroxylation is 1. The molecule has 152 valence electrons. The summed E-state index contributed by atoms with van der Waals surface area (Å²) in [5, 5.41) is 5.81. The van der Waals surface area contributed by atoms with Crippen LogP contribution in [0.5, 0.6) is 0 Å². The van der Waals surface area contributed by atoms with Gasteiger partial charge in [-0.15, -0.1) is 0 Å².